The summed E-state index contributed by atoms with van der Waals surface area (Å²) in [5, 5.41) is 4.22. The number of esters is 1. The van der Waals surface area contributed by atoms with Crippen LogP contribution < -0.4 is 14.8 Å². The van der Waals surface area contributed by atoms with Crippen LogP contribution >= 0.6 is 11.6 Å². The van der Waals surface area contributed by atoms with Gasteiger partial charge in [0.25, 0.3) is 0 Å². The molecule has 4 aromatic rings. The van der Waals surface area contributed by atoms with Crippen LogP contribution in [0.2, 0.25) is 5.02 Å². The standard InChI is InChI=1S/C30H34ClN3O3/c1-19-13-14-34-25(15-19)32-26(27(34)33-30(5,6)18-29(2,3)4)20-11-12-23(24(17-20)36-7)37-28(35)21-9-8-10-22(31)16-21/h8-17,33H,18H2,1-7H3. The zero-order valence-electron chi connectivity index (χ0n) is 22.5. The second-order valence-corrected chi connectivity index (χ2v) is 11.7. The lowest BCUT2D eigenvalue weighted by Crippen LogP contribution is -2.36. The third kappa shape index (κ3) is 6.25. The number of fused-ring (bicyclic) bond motifs is 1. The number of carbonyl (C=O) groups is 1. The summed E-state index contributed by atoms with van der Waals surface area (Å²) >= 11 is 6.03. The van der Waals surface area contributed by atoms with Crippen molar-refractivity contribution < 1.29 is 14.3 Å². The van der Waals surface area contributed by atoms with Crippen molar-refractivity contribution in [3.63, 3.8) is 0 Å². The number of hydrogen-bond acceptors (Lipinski definition) is 5. The number of methoxy groups -OCH3 is 1. The SMILES string of the molecule is COc1cc(-c2nc3cc(C)ccn3c2NC(C)(C)CC(C)(C)C)ccc1OC(=O)c1cccc(Cl)c1. The molecule has 2 aromatic carbocycles. The Hall–Kier alpha value is -3.51. The number of ether oxygens (including phenoxy) is 2. The molecule has 0 unspecified atom stereocenters. The number of carbonyl (C=O) groups excluding carboxylic acids is 1. The molecule has 0 saturated carbocycles. The number of benzene rings is 2. The summed E-state index contributed by atoms with van der Waals surface area (Å²) in [6, 6.07) is 16.2. The largest absolute Gasteiger partial charge is 0.493 e. The molecule has 0 spiro atoms. The van der Waals surface area contributed by atoms with E-state index in [2.05, 4.69) is 63.4 Å². The molecular weight excluding hydrogens is 486 g/mol. The molecule has 7 heteroatoms. The Morgan fingerprint density at radius 1 is 1.03 bits per heavy atom. The van der Waals surface area contributed by atoms with E-state index in [1.807, 2.05) is 18.3 Å². The molecule has 2 heterocycles. The molecule has 0 atom stereocenters. The number of aryl methyl sites for hydroxylation is 1. The van der Waals surface area contributed by atoms with E-state index in [4.69, 9.17) is 26.1 Å². The first-order valence-corrected chi connectivity index (χ1v) is 12.7. The number of anilines is 1. The number of nitrogens with one attached hydrogen (secondary N) is 1. The van der Waals surface area contributed by atoms with E-state index in [0.29, 0.717) is 22.1 Å². The van der Waals surface area contributed by atoms with E-state index < -0.39 is 5.97 Å². The van der Waals surface area contributed by atoms with E-state index >= 15 is 0 Å². The number of pyridine rings is 1. The van der Waals surface area contributed by atoms with Gasteiger partial charge in [-0.3, -0.25) is 4.40 Å². The van der Waals surface area contributed by atoms with Crippen LogP contribution in [0.5, 0.6) is 11.5 Å². The van der Waals surface area contributed by atoms with Gasteiger partial charge in [0.2, 0.25) is 0 Å². The number of halogens is 1. The minimum atomic E-state index is -0.511. The minimum absolute atomic E-state index is 0.144. The van der Waals surface area contributed by atoms with Gasteiger partial charge in [0.1, 0.15) is 17.2 Å². The van der Waals surface area contributed by atoms with Crippen molar-refractivity contribution in [3.05, 3.63) is 76.9 Å². The van der Waals surface area contributed by atoms with Crippen molar-refractivity contribution in [2.45, 2.75) is 53.5 Å². The predicted molar refractivity (Wildman–Crippen MR) is 150 cm³/mol. The summed E-state index contributed by atoms with van der Waals surface area (Å²) in [5.41, 5.74) is 3.93. The fourth-order valence-corrected chi connectivity index (χ4v) is 5.02. The van der Waals surface area contributed by atoms with E-state index in [0.717, 1.165) is 34.7 Å². The Morgan fingerprint density at radius 3 is 2.46 bits per heavy atom. The highest BCUT2D eigenvalue weighted by Crippen LogP contribution is 2.38. The van der Waals surface area contributed by atoms with Gasteiger partial charge in [-0.25, -0.2) is 9.78 Å². The Morgan fingerprint density at radius 2 is 1.78 bits per heavy atom. The molecule has 37 heavy (non-hydrogen) atoms. The molecule has 0 aliphatic carbocycles. The van der Waals surface area contributed by atoms with Crippen LogP contribution in [0, 0.1) is 12.3 Å². The van der Waals surface area contributed by atoms with Gasteiger partial charge in [-0.1, -0.05) is 38.4 Å². The van der Waals surface area contributed by atoms with Gasteiger partial charge in [-0.05, 0) is 86.7 Å². The molecule has 0 aliphatic rings. The Kier molecular flexibility index (Phi) is 7.24. The molecule has 0 saturated heterocycles. The number of hydrogen-bond donors (Lipinski definition) is 1. The lowest BCUT2D eigenvalue weighted by atomic mass is 9.82. The van der Waals surface area contributed by atoms with Crippen molar-refractivity contribution in [2.24, 2.45) is 5.41 Å². The van der Waals surface area contributed by atoms with Crippen LogP contribution in [0.15, 0.2) is 60.8 Å². The molecule has 0 radical (unpaired) electrons. The third-order valence-electron chi connectivity index (χ3n) is 5.91. The van der Waals surface area contributed by atoms with E-state index in [1.54, 1.807) is 37.4 Å². The fraction of sp³-hybridized carbons (Fsp3) is 0.333. The average Bonchev–Trinajstić information content (AvgIpc) is 3.14. The maximum Gasteiger partial charge on any atom is 0.343 e. The molecule has 194 valence electrons. The lowest BCUT2D eigenvalue weighted by molar-refractivity contribution is 0.0729. The maximum absolute atomic E-state index is 12.7. The van der Waals surface area contributed by atoms with Gasteiger partial charge < -0.3 is 14.8 Å². The Bertz CT molecular complexity index is 1450. The van der Waals surface area contributed by atoms with Gasteiger partial charge in [-0.2, -0.15) is 0 Å². The average molecular weight is 520 g/mol. The highest BCUT2D eigenvalue weighted by molar-refractivity contribution is 6.30. The highest BCUT2D eigenvalue weighted by Gasteiger charge is 2.28. The van der Waals surface area contributed by atoms with Gasteiger partial charge in [0, 0.05) is 22.3 Å². The van der Waals surface area contributed by atoms with Crippen LogP contribution in [0.4, 0.5) is 5.82 Å². The summed E-state index contributed by atoms with van der Waals surface area (Å²) < 4.78 is 13.3. The van der Waals surface area contributed by atoms with E-state index in [9.17, 15) is 4.79 Å². The molecule has 0 fully saturated rings. The van der Waals surface area contributed by atoms with Gasteiger partial charge in [0.15, 0.2) is 11.5 Å². The maximum atomic E-state index is 12.7. The Labute approximate surface area is 223 Å². The lowest BCUT2D eigenvalue weighted by Gasteiger charge is -2.34. The summed E-state index contributed by atoms with van der Waals surface area (Å²) in [6.45, 7) is 13.2. The summed E-state index contributed by atoms with van der Waals surface area (Å²) in [7, 11) is 1.55. The van der Waals surface area contributed by atoms with E-state index in [1.165, 1.54) is 0 Å². The highest BCUT2D eigenvalue weighted by atomic mass is 35.5. The van der Waals surface area contributed by atoms with Crippen molar-refractivity contribution in [3.8, 4) is 22.8 Å². The molecule has 4 rings (SSSR count). The second kappa shape index (κ2) is 10.1. The van der Waals surface area contributed by atoms with Crippen LogP contribution in [-0.4, -0.2) is 28.0 Å². The van der Waals surface area contributed by atoms with Gasteiger partial charge >= 0.3 is 5.97 Å². The Balaban J connectivity index is 1.74. The molecule has 0 bridgehead atoms. The summed E-state index contributed by atoms with van der Waals surface area (Å²) in [4.78, 5) is 17.7. The number of aromatic nitrogens is 2. The normalized spacial score (nSPS) is 12.0. The first kappa shape index (κ1) is 26.6. The quantitative estimate of drug-likeness (QED) is 0.199. The third-order valence-corrected chi connectivity index (χ3v) is 6.15. The van der Waals surface area contributed by atoms with Crippen molar-refractivity contribution >= 4 is 29.0 Å². The topological polar surface area (TPSA) is 64.9 Å². The van der Waals surface area contributed by atoms with Crippen LogP contribution in [0.25, 0.3) is 16.9 Å². The molecule has 0 aliphatic heterocycles. The first-order chi connectivity index (χ1) is 17.3. The number of imidazole rings is 1. The zero-order chi connectivity index (χ0) is 27.0. The van der Waals surface area contributed by atoms with E-state index in [-0.39, 0.29) is 11.0 Å². The van der Waals surface area contributed by atoms with Crippen LogP contribution in [0.1, 0.15) is 57.0 Å². The number of nitrogens with zero attached hydrogens (tertiary/aromatic N) is 2. The molecule has 2 aromatic heterocycles. The second-order valence-electron chi connectivity index (χ2n) is 11.3. The predicted octanol–water partition coefficient (Wildman–Crippen LogP) is 7.82. The smallest absolute Gasteiger partial charge is 0.343 e. The minimum Gasteiger partial charge on any atom is -0.493 e. The molecule has 0 amide bonds. The van der Waals surface area contributed by atoms with Crippen LogP contribution in [0.3, 0.4) is 0 Å². The van der Waals surface area contributed by atoms with Crippen molar-refractivity contribution in [1.82, 2.24) is 9.38 Å². The number of rotatable bonds is 7. The summed E-state index contributed by atoms with van der Waals surface area (Å²) in [5.74, 6) is 1.14. The zero-order valence-corrected chi connectivity index (χ0v) is 23.2. The monoisotopic (exact) mass is 519 g/mol. The fourth-order valence-electron chi connectivity index (χ4n) is 4.83. The first-order valence-electron chi connectivity index (χ1n) is 12.3. The van der Waals surface area contributed by atoms with Crippen LogP contribution in [-0.2, 0) is 0 Å². The molecule has 1 N–H and O–H groups in total. The molecular formula is C30H34ClN3O3. The van der Waals surface area contributed by atoms with Gasteiger partial charge in [-0.15, -0.1) is 0 Å². The van der Waals surface area contributed by atoms with Gasteiger partial charge in [0.05, 0.1) is 12.7 Å². The van der Waals surface area contributed by atoms with Crippen molar-refractivity contribution in [2.75, 3.05) is 12.4 Å². The molecule has 6 nitrogen and oxygen atoms in total. The summed E-state index contributed by atoms with van der Waals surface area (Å²) in [6.07, 6.45) is 3.00. The van der Waals surface area contributed by atoms with Crippen molar-refractivity contribution in [1.29, 1.82) is 0 Å².